The normalized spacial score (nSPS) is 13.7. The van der Waals surface area contributed by atoms with Crippen molar-refractivity contribution in [2.24, 2.45) is 0 Å². The first-order valence-electron chi connectivity index (χ1n) is 13.4. The van der Waals surface area contributed by atoms with E-state index in [1.165, 1.54) is 0 Å². The summed E-state index contributed by atoms with van der Waals surface area (Å²) < 4.78 is 13.1. The van der Waals surface area contributed by atoms with Crippen LogP contribution in [0, 0.1) is 25.2 Å². The zero-order chi connectivity index (χ0) is 30.5. The van der Waals surface area contributed by atoms with Gasteiger partial charge < -0.3 is 19.4 Å². The van der Waals surface area contributed by atoms with Crippen LogP contribution in [0.2, 0.25) is 0 Å². The molecule has 0 bridgehead atoms. The van der Waals surface area contributed by atoms with Crippen molar-refractivity contribution in [2.75, 3.05) is 19.0 Å². The third-order valence-corrected chi connectivity index (χ3v) is 7.84. The van der Waals surface area contributed by atoms with Gasteiger partial charge in [-0.05, 0) is 97.9 Å². The van der Waals surface area contributed by atoms with Crippen molar-refractivity contribution in [1.29, 1.82) is 5.26 Å². The summed E-state index contributed by atoms with van der Waals surface area (Å²) in [4.78, 5) is 39.5. The molecular formula is C33H28N4O5S. The summed E-state index contributed by atoms with van der Waals surface area (Å²) in [5, 5.41) is 11.5. The first kappa shape index (κ1) is 29.2. The average molecular weight is 593 g/mol. The van der Waals surface area contributed by atoms with E-state index in [9.17, 15) is 19.6 Å². The van der Waals surface area contributed by atoms with E-state index in [1.54, 1.807) is 43.5 Å². The number of imide groups is 1. The summed E-state index contributed by atoms with van der Waals surface area (Å²) in [7, 11) is 1.55. The van der Waals surface area contributed by atoms with Crippen LogP contribution in [0.3, 0.4) is 0 Å². The molecule has 0 atom stereocenters. The number of amides is 3. The maximum absolute atomic E-state index is 13.1. The Kier molecular flexibility index (Phi) is 8.64. The third-order valence-electron chi connectivity index (χ3n) is 6.93. The van der Waals surface area contributed by atoms with Crippen molar-refractivity contribution in [3.05, 3.63) is 112 Å². The Bertz CT molecular complexity index is 1770. The first-order chi connectivity index (χ1) is 20.8. The molecule has 43 heavy (non-hydrogen) atoms. The van der Waals surface area contributed by atoms with E-state index in [1.807, 2.05) is 66.9 Å². The van der Waals surface area contributed by atoms with Gasteiger partial charge in [0.15, 0.2) is 0 Å². The highest BCUT2D eigenvalue weighted by Crippen LogP contribution is 2.34. The number of hydrogen-bond acceptors (Lipinski definition) is 7. The van der Waals surface area contributed by atoms with Crippen molar-refractivity contribution < 1.29 is 23.9 Å². The highest BCUT2D eigenvalue weighted by atomic mass is 32.2. The Morgan fingerprint density at radius 1 is 1.00 bits per heavy atom. The van der Waals surface area contributed by atoms with Gasteiger partial charge in [0.25, 0.3) is 11.1 Å². The Balaban J connectivity index is 1.26. The minimum atomic E-state index is -0.510. The number of carbonyl (C=O) groups excluding carboxylic acids is 3. The van der Waals surface area contributed by atoms with Gasteiger partial charge in [0, 0.05) is 28.3 Å². The van der Waals surface area contributed by atoms with Gasteiger partial charge in [0.05, 0.1) is 23.6 Å². The molecule has 216 valence electrons. The zero-order valence-electron chi connectivity index (χ0n) is 23.8. The molecule has 0 radical (unpaired) electrons. The summed E-state index contributed by atoms with van der Waals surface area (Å²) in [6.45, 7) is 3.80. The topological polar surface area (TPSA) is 114 Å². The minimum Gasteiger partial charge on any atom is -0.497 e. The number of nitriles is 1. The summed E-state index contributed by atoms with van der Waals surface area (Å²) in [6.07, 6.45) is 1.69. The monoisotopic (exact) mass is 592 g/mol. The lowest BCUT2D eigenvalue weighted by molar-refractivity contribution is -0.127. The second-order valence-corrected chi connectivity index (χ2v) is 10.8. The maximum Gasteiger partial charge on any atom is 0.294 e. The molecule has 1 saturated heterocycles. The van der Waals surface area contributed by atoms with E-state index in [2.05, 4.69) is 11.4 Å². The summed E-state index contributed by atoms with van der Waals surface area (Å²) in [5.74, 6) is 0.329. The molecule has 0 saturated carbocycles. The third kappa shape index (κ3) is 6.47. The van der Waals surface area contributed by atoms with Gasteiger partial charge in [0.1, 0.15) is 24.7 Å². The second-order valence-electron chi connectivity index (χ2n) is 9.76. The fourth-order valence-corrected chi connectivity index (χ4v) is 5.56. The molecular weight excluding hydrogens is 564 g/mol. The smallest absolute Gasteiger partial charge is 0.294 e. The summed E-state index contributed by atoms with van der Waals surface area (Å²) >= 11 is 0.814. The van der Waals surface area contributed by atoms with Crippen LogP contribution < -0.4 is 14.8 Å². The van der Waals surface area contributed by atoms with Crippen molar-refractivity contribution in [1.82, 2.24) is 9.47 Å². The molecule has 1 aliphatic heterocycles. The van der Waals surface area contributed by atoms with E-state index < -0.39 is 17.1 Å². The molecule has 3 amide bonds. The van der Waals surface area contributed by atoms with Gasteiger partial charge in [-0.1, -0.05) is 18.2 Å². The van der Waals surface area contributed by atoms with E-state index in [4.69, 9.17) is 9.47 Å². The number of ether oxygens (including phenoxy) is 2. The molecule has 0 spiro atoms. The lowest BCUT2D eigenvalue weighted by Crippen LogP contribution is -2.36. The molecule has 9 nitrogen and oxygen atoms in total. The largest absolute Gasteiger partial charge is 0.497 e. The number of nitrogens with zero attached hydrogens (tertiary/aromatic N) is 3. The Morgan fingerprint density at radius 3 is 2.40 bits per heavy atom. The van der Waals surface area contributed by atoms with Crippen LogP contribution >= 0.6 is 11.8 Å². The number of carbonyl (C=O) groups is 3. The number of benzene rings is 3. The molecule has 0 aliphatic carbocycles. The van der Waals surface area contributed by atoms with Crippen LogP contribution in [-0.2, 0) is 16.2 Å². The molecule has 1 aliphatic rings. The standard InChI is InChI=1S/C33H28N4O5S/c1-21-16-25(17-30-32(39)36(33(40)43-30)19-31(38)35-26-8-12-28(41-3)13-9-26)22(2)37(21)27-10-14-29(15-11-27)42-20-24-7-5-4-6-23(24)18-34/h4-17H,19-20H2,1-3H3,(H,35,38)/b30-17+. The van der Waals surface area contributed by atoms with Crippen molar-refractivity contribution >= 4 is 40.6 Å². The van der Waals surface area contributed by atoms with Crippen LogP contribution in [0.5, 0.6) is 11.5 Å². The Hall–Kier alpha value is -5.27. The lowest BCUT2D eigenvalue weighted by atomic mass is 10.1. The molecule has 1 N–H and O–H groups in total. The molecule has 4 aromatic rings. The zero-order valence-corrected chi connectivity index (χ0v) is 24.6. The van der Waals surface area contributed by atoms with Gasteiger partial charge in [-0.15, -0.1) is 0 Å². The van der Waals surface area contributed by atoms with Gasteiger partial charge >= 0.3 is 0 Å². The maximum atomic E-state index is 13.1. The summed E-state index contributed by atoms with van der Waals surface area (Å²) in [6, 6.07) is 25.8. The van der Waals surface area contributed by atoms with E-state index >= 15 is 0 Å². The fourth-order valence-electron chi connectivity index (χ4n) is 4.73. The molecule has 3 aromatic carbocycles. The predicted molar refractivity (Wildman–Crippen MR) is 165 cm³/mol. The first-order valence-corrected chi connectivity index (χ1v) is 14.2. The number of anilines is 1. The fraction of sp³-hybridized carbons (Fsp3) is 0.152. The SMILES string of the molecule is COc1ccc(NC(=O)CN2C(=O)S/C(=C/c3cc(C)n(-c4ccc(OCc5ccccc5C#N)cc4)c3C)C2=O)cc1. The molecule has 5 rings (SSSR count). The van der Waals surface area contributed by atoms with Crippen LogP contribution in [0.25, 0.3) is 11.8 Å². The van der Waals surface area contributed by atoms with E-state index in [0.29, 0.717) is 22.7 Å². The molecule has 10 heteroatoms. The van der Waals surface area contributed by atoms with E-state index in [-0.39, 0.29) is 18.1 Å². The molecule has 0 unspecified atom stereocenters. The average Bonchev–Trinajstić information content (AvgIpc) is 3.44. The van der Waals surface area contributed by atoms with Crippen LogP contribution in [-0.4, -0.2) is 40.2 Å². The van der Waals surface area contributed by atoms with Crippen LogP contribution in [0.15, 0.2) is 83.8 Å². The molecule has 1 aromatic heterocycles. The van der Waals surface area contributed by atoms with Gasteiger partial charge in [-0.25, -0.2) is 0 Å². The lowest BCUT2D eigenvalue weighted by Gasteiger charge is -2.12. The highest BCUT2D eigenvalue weighted by molar-refractivity contribution is 8.18. The number of rotatable bonds is 9. The van der Waals surface area contributed by atoms with Crippen molar-refractivity contribution in [2.45, 2.75) is 20.5 Å². The van der Waals surface area contributed by atoms with Crippen LogP contribution in [0.4, 0.5) is 10.5 Å². The second kappa shape index (κ2) is 12.7. The number of nitrogens with one attached hydrogen (secondary N) is 1. The van der Waals surface area contributed by atoms with Gasteiger partial charge in [-0.3, -0.25) is 19.3 Å². The van der Waals surface area contributed by atoms with Crippen molar-refractivity contribution in [3.8, 4) is 23.3 Å². The Morgan fingerprint density at radius 2 is 1.70 bits per heavy atom. The Labute approximate surface area is 253 Å². The van der Waals surface area contributed by atoms with Gasteiger partial charge in [-0.2, -0.15) is 5.26 Å². The highest BCUT2D eigenvalue weighted by Gasteiger charge is 2.36. The predicted octanol–water partition coefficient (Wildman–Crippen LogP) is 6.23. The van der Waals surface area contributed by atoms with Gasteiger partial charge in [0.2, 0.25) is 5.91 Å². The molecule has 1 fully saturated rings. The number of aromatic nitrogens is 1. The number of hydrogen-bond donors (Lipinski definition) is 1. The summed E-state index contributed by atoms with van der Waals surface area (Å²) in [5.41, 5.74) is 5.46. The minimum absolute atomic E-state index is 0.254. The van der Waals surface area contributed by atoms with E-state index in [0.717, 1.165) is 44.9 Å². The number of thioether (sulfide) groups is 1. The van der Waals surface area contributed by atoms with Crippen LogP contribution in [0.1, 0.15) is 28.1 Å². The number of methoxy groups -OCH3 is 1. The molecule has 2 heterocycles. The number of aryl methyl sites for hydroxylation is 1. The van der Waals surface area contributed by atoms with Crippen molar-refractivity contribution in [3.63, 3.8) is 0 Å². The quantitative estimate of drug-likeness (QED) is 0.229.